The molecule has 0 saturated carbocycles. The lowest BCUT2D eigenvalue weighted by Crippen LogP contribution is -2.34. The standard InChI is InChI=1S/C11H20N2O2S/c1-4-5-9(12)10(6-14)16-11-13-7(2)8(3)15-11/h9-10,14H,4-6,12H2,1-3H3. The number of hydrogen-bond donors (Lipinski definition) is 2. The summed E-state index contributed by atoms with van der Waals surface area (Å²) in [5.41, 5.74) is 6.87. The molecule has 3 N–H and O–H groups in total. The van der Waals surface area contributed by atoms with Gasteiger partial charge in [0.05, 0.1) is 17.6 Å². The van der Waals surface area contributed by atoms with E-state index in [4.69, 9.17) is 10.2 Å². The Labute approximate surface area is 101 Å². The summed E-state index contributed by atoms with van der Waals surface area (Å²) in [6.45, 7) is 5.92. The van der Waals surface area contributed by atoms with Crippen LogP contribution in [0.5, 0.6) is 0 Å². The minimum Gasteiger partial charge on any atom is -0.437 e. The first-order chi connectivity index (χ1) is 7.58. The normalized spacial score (nSPS) is 15.1. The molecule has 0 aliphatic heterocycles. The Morgan fingerprint density at radius 3 is 2.62 bits per heavy atom. The number of aliphatic hydroxyl groups excluding tert-OH is 1. The zero-order valence-electron chi connectivity index (χ0n) is 10.1. The Kier molecular flexibility index (Phi) is 5.31. The van der Waals surface area contributed by atoms with Crippen LogP contribution in [-0.2, 0) is 0 Å². The molecular weight excluding hydrogens is 224 g/mol. The number of aromatic nitrogens is 1. The van der Waals surface area contributed by atoms with E-state index < -0.39 is 0 Å². The van der Waals surface area contributed by atoms with Crippen molar-refractivity contribution in [2.75, 3.05) is 6.61 Å². The fourth-order valence-corrected chi connectivity index (χ4v) is 2.41. The van der Waals surface area contributed by atoms with Crippen LogP contribution in [0.2, 0.25) is 0 Å². The number of aliphatic hydroxyl groups is 1. The molecule has 4 nitrogen and oxygen atoms in total. The first-order valence-electron chi connectivity index (χ1n) is 5.55. The van der Waals surface area contributed by atoms with Crippen molar-refractivity contribution in [3.8, 4) is 0 Å². The van der Waals surface area contributed by atoms with Gasteiger partial charge in [-0.05, 0) is 20.3 Å². The van der Waals surface area contributed by atoms with Gasteiger partial charge >= 0.3 is 0 Å². The van der Waals surface area contributed by atoms with Gasteiger partial charge in [-0.2, -0.15) is 0 Å². The molecule has 0 aliphatic rings. The predicted octanol–water partition coefficient (Wildman–Crippen LogP) is 1.87. The Morgan fingerprint density at radius 2 is 2.19 bits per heavy atom. The van der Waals surface area contributed by atoms with E-state index in [0.29, 0.717) is 5.22 Å². The van der Waals surface area contributed by atoms with E-state index in [1.165, 1.54) is 11.8 Å². The number of nitrogens with two attached hydrogens (primary N) is 1. The van der Waals surface area contributed by atoms with Crippen molar-refractivity contribution < 1.29 is 9.52 Å². The Bertz CT molecular complexity index is 308. The van der Waals surface area contributed by atoms with Gasteiger partial charge in [0.25, 0.3) is 5.22 Å². The molecule has 1 rings (SSSR count). The van der Waals surface area contributed by atoms with Crippen LogP contribution in [0.15, 0.2) is 9.64 Å². The van der Waals surface area contributed by atoms with E-state index in [2.05, 4.69) is 11.9 Å². The zero-order valence-corrected chi connectivity index (χ0v) is 10.9. The average Bonchev–Trinajstić information content (AvgIpc) is 2.55. The highest BCUT2D eigenvalue weighted by molar-refractivity contribution is 7.99. The van der Waals surface area contributed by atoms with Crippen molar-refractivity contribution in [2.45, 2.75) is 50.1 Å². The Hall–Kier alpha value is -0.520. The van der Waals surface area contributed by atoms with Crippen LogP contribution in [-0.4, -0.2) is 28.0 Å². The molecule has 1 aromatic heterocycles. The molecule has 92 valence electrons. The summed E-state index contributed by atoms with van der Waals surface area (Å²) < 4.78 is 5.46. The second-order valence-corrected chi connectivity index (χ2v) is 5.10. The van der Waals surface area contributed by atoms with Crippen molar-refractivity contribution in [3.05, 3.63) is 11.5 Å². The third-order valence-electron chi connectivity index (χ3n) is 2.54. The zero-order chi connectivity index (χ0) is 12.1. The maximum Gasteiger partial charge on any atom is 0.256 e. The van der Waals surface area contributed by atoms with Gasteiger partial charge < -0.3 is 15.3 Å². The van der Waals surface area contributed by atoms with Crippen LogP contribution in [0.3, 0.4) is 0 Å². The predicted molar refractivity (Wildman–Crippen MR) is 65.6 cm³/mol. The summed E-state index contributed by atoms with van der Waals surface area (Å²) in [7, 11) is 0. The van der Waals surface area contributed by atoms with Crippen LogP contribution < -0.4 is 5.73 Å². The molecule has 0 saturated heterocycles. The van der Waals surface area contributed by atoms with E-state index in [0.717, 1.165) is 24.3 Å². The van der Waals surface area contributed by atoms with Crippen LogP contribution in [0.1, 0.15) is 31.2 Å². The molecule has 0 radical (unpaired) electrons. The van der Waals surface area contributed by atoms with E-state index in [9.17, 15) is 5.11 Å². The van der Waals surface area contributed by atoms with Gasteiger partial charge in [0.15, 0.2) is 0 Å². The molecule has 1 aromatic rings. The first kappa shape index (κ1) is 13.5. The van der Waals surface area contributed by atoms with E-state index in [-0.39, 0.29) is 17.9 Å². The van der Waals surface area contributed by atoms with Crippen molar-refractivity contribution in [3.63, 3.8) is 0 Å². The quantitative estimate of drug-likeness (QED) is 0.747. The third kappa shape index (κ3) is 3.50. The van der Waals surface area contributed by atoms with Gasteiger partial charge in [-0.3, -0.25) is 0 Å². The molecule has 5 heteroatoms. The van der Waals surface area contributed by atoms with Gasteiger partial charge in [-0.25, -0.2) is 4.98 Å². The SMILES string of the molecule is CCCC(N)C(CO)Sc1nc(C)c(C)o1. The van der Waals surface area contributed by atoms with Crippen LogP contribution >= 0.6 is 11.8 Å². The topological polar surface area (TPSA) is 72.3 Å². The minimum atomic E-state index is -0.0441. The third-order valence-corrected chi connectivity index (χ3v) is 3.72. The average molecular weight is 244 g/mol. The first-order valence-corrected chi connectivity index (χ1v) is 6.43. The second kappa shape index (κ2) is 6.27. The van der Waals surface area contributed by atoms with Crippen molar-refractivity contribution in [1.82, 2.24) is 4.98 Å². The molecule has 0 aromatic carbocycles. The van der Waals surface area contributed by atoms with Gasteiger partial charge in [-0.15, -0.1) is 0 Å². The summed E-state index contributed by atoms with van der Waals surface area (Å²) in [5.74, 6) is 0.822. The number of hydrogen-bond acceptors (Lipinski definition) is 5. The molecule has 1 heterocycles. The maximum atomic E-state index is 9.29. The maximum absolute atomic E-state index is 9.29. The molecule has 0 fully saturated rings. The summed E-state index contributed by atoms with van der Waals surface area (Å²) in [6.07, 6.45) is 1.92. The largest absolute Gasteiger partial charge is 0.437 e. The Morgan fingerprint density at radius 1 is 1.50 bits per heavy atom. The molecular formula is C11H20N2O2S. The Balaban J connectivity index is 2.62. The van der Waals surface area contributed by atoms with E-state index in [1.807, 2.05) is 13.8 Å². The summed E-state index contributed by atoms with van der Waals surface area (Å²) >= 11 is 1.42. The highest BCUT2D eigenvalue weighted by Gasteiger charge is 2.20. The number of rotatable bonds is 6. The lowest BCUT2D eigenvalue weighted by Gasteiger charge is -2.18. The fraction of sp³-hybridized carbons (Fsp3) is 0.727. The lowest BCUT2D eigenvalue weighted by molar-refractivity contribution is 0.278. The monoisotopic (exact) mass is 244 g/mol. The van der Waals surface area contributed by atoms with Gasteiger partial charge in [-0.1, -0.05) is 25.1 Å². The second-order valence-electron chi connectivity index (χ2n) is 3.91. The molecule has 0 bridgehead atoms. The van der Waals surface area contributed by atoms with Crippen LogP contribution in [0, 0.1) is 13.8 Å². The number of oxazole rings is 1. The smallest absolute Gasteiger partial charge is 0.256 e. The molecule has 0 aliphatic carbocycles. The molecule has 2 atom stereocenters. The molecule has 2 unspecified atom stereocenters. The highest BCUT2D eigenvalue weighted by Crippen LogP contribution is 2.26. The minimum absolute atomic E-state index is 0.0208. The van der Waals surface area contributed by atoms with E-state index in [1.54, 1.807) is 0 Å². The summed E-state index contributed by atoms with van der Waals surface area (Å²) in [4.78, 5) is 4.27. The lowest BCUT2D eigenvalue weighted by atomic mass is 10.1. The van der Waals surface area contributed by atoms with Crippen molar-refractivity contribution in [2.24, 2.45) is 5.73 Å². The number of aryl methyl sites for hydroxylation is 2. The molecule has 0 amide bonds. The fourth-order valence-electron chi connectivity index (χ4n) is 1.40. The highest BCUT2D eigenvalue weighted by atomic mass is 32.2. The van der Waals surface area contributed by atoms with E-state index >= 15 is 0 Å². The van der Waals surface area contributed by atoms with Gasteiger partial charge in [0.2, 0.25) is 0 Å². The van der Waals surface area contributed by atoms with Crippen molar-refractivity contribution >= 4 is 11.8 Å². The van der Waals surface area contributed by atoms with Crippen LogP contribution in [0.4, 0.5) is 0 Å². The molecule has 16 heavy (non-hydrogen) atoms. The van der Waals surface area contributed by atoms with Gasteiger partial charge in [0, 0.05) is 6.04 Å². The molecule has 0 spiro atoms. The van der Waals surface area contributed by atoms with Crippen LogP contribution in [0.25, 0.3) is 0 Å². The number of thioether (sulfide) groups is 1. The van der Waals surface area contributed by atoms with Crippen molar-refractivity contribution in [1.29, 1.82) is 0 Å². The number of nitrogens with zero attached hydrogens (tertiary/aromatic N) is 1. The van der Waals surface area contributed by atoms with Gasteiger partial charge in [0.1, 0.15) is 5.76 Å². The summed E-state index contributed by atoms with van der Waals surface area (Å²) in [6, 6.07) is -0.0208. The summed E-state index contributed by atoms with van der Waals surface area (Å²) in [5, 5.41) is 9.84.